The second kappa shape index (κ2) is 9.33. The number of amides is 1. The number of aromatic nitrogens is 2. The van der Waals surface area contributed by atoms with Crippen molar-refractivity contribution in [1.82, 2.24) is 14.5 Å². The van der Waals surface area contributed by atoms with E-state index in [-0.39, 0.29) is 24.5 Å². The summed E-state index contributed by atoms with van der Waals surface area (Å²) in [6.07, 6.45) is 7.44. The van der Waals surface area contributed by atoms with Crippen LogP contribution in [0.1, 0.15) is 36.9 Å². The van der Waals surface area contributed by atoms with Gasteiger partial charge in [-0.3, -0.25) is 19.1 Å². The van der Waals surface area contributed by atoms with E-state index in [1.165, 1.54) is 0 Å². The monoisotopic (exact) mass is 448 g/mol. The van der Waals surface area contributed by atoms with E-state index in [4.69, 9.17) is 4.74 Å². The molecule has 1 saturated carbocycles. The Morgan fingerprint density at radius 1 is 1.06 bits per heavy atom. The third-order valence-electron chi connectivity index (χ3n) is 6.25. The van der Waals surface area contributed by atoms with Crippen LogP contribution in [0.5, 0.6) is 11.5 Å². The van der Waals surface area contributed by atoms with Crippen molar-refractivity contribution in [3.63, 3.8) is 0 Å². The Balaban J connectivity index is 1.21. The maximum absolute atomic E-state index is 12.5. The van der Waals surface area contributed by atoms with Crippen LogP contribution in [0.15, 0.2) is 48.8 Å². The third kappa shape index (κ3) is 5.40. The van der Waals surface area contributed by atoms with E-state index < -0.39 is 0 Å². The van der Waals surface area contributed by atoms with Crippen molar-refractivity contribution in [1.29, 1.82) is 0 Å². The molecule has 1 saturated heterocycles. The number of carbonyl (C=O) groups excluding carboxylic acids is 2. The molecule has 2 N–H and O–H groups in total. The Labute approximate surface area is 192 Å². The second-order valence-corrected chi connectivity index (χ2v) is 8.98. The summed E-state index contributed by atoms with van der Waals surface area (Å²) >= 11 is 0. The van der Waals surface area contributed by atoms with Gasteiger partial charge < -0.3 is 15.2 Å². The Kier molecular flexibility index (Phi) is 6.11. The number of piperidine rings is 1. The van der Waals surface area contributed by atoms with Gasteiger partial charge in [0.05, 0.1) is 18.2 Å². The Morgan fingerprint density at radius 3 is 2.64 bits per heavy atom. The van der Waals surface area contributed by atoms with Crippen molar-refractivity contribution in [3.05, 3.63) is 48.8 Å². The summed E-state index contributed by atoms with van der Waals surface area (Å²) < 4.78 is 7.71. The van der Waals surface area contributed by atoms with Gasteiger partial charge in [-0.25, -0.2) is 4.98 Å². The predicted octanol–water partition coefficient (Wildman–Crippen LogP) is 3.66. The zero-order valence-electron chi connectivity index (χ0n) is 18.4. The summed E-state index contributed by atoms with van der Waals surface area (Å²) in [6.45, 7) is 1.69. The van der Waals surface area contributed by atoms with Crippen molar-refractivity contribution in [2.45, 2.75) is 38.2 Å². The quantitative estimate of drug-likeness (QED) is 0.573. The smallest absolute Gasteiger partial charge is 0.239 e. The van der Waals surface area contributed by atoms with E-state index in [1.807, 2.05) is 35.4 Å². The van der Waals surface area contributed by atoms with Crippen molar-refractivity contribution in [2.24, 2.45) is 5.92 Å². The molecule has 3 heterocycles. The molecule has 1 amide bonds. The number of pyridine rings is 1. The molecule has 0 atom stereocenters. The van der Waals surface area contributed by atoms with Gasteiger partial charge in [-0.2, -0.15) is 0 Å². The molecular weight excluding hydrogens is 420 g/mol. The van der Waals surface area contributed by atoms with Crippen LogP contribution < -0.4 is 10.1 Å². The summed E-state index contributed by atoms with van der Waals surface area (Å²) in [5.74, 6) is 2.17. The average molecular weight is 449 g/mol. The van der Waals surface area contributed by atoms with Gasteiger partial charge in [0.25, 0.3) is 0 Å². The number of anilines is 1. The molecule has 8 heteroatoms. The molecule has 1 aromatic carbocycles. The van der Waals surface area contributed by atoms with Gasteiger partial charge in [0.2, 0.25) is 11.8 Å². The fourth-order valence-electron chi connectivity index (χ4n) is 4.21. The molecular formula is C25H28N4O4. The standard InChI is InChI=1S/C25H28N4O4/c30-19-7-10-28(11-8-19)16-24(31)27-23-15-21(5-9-26-23)33-20-3-4-22-18(14-20)6-12-29(22)25(32)13-17-1-2-17/h3-6,9,12,14-15,17,19,30H,1-2,7-8,10-11,13,16H2,(H,26,27,31). The van der Waals surface area contributed by atoms with E-state index in [2.05, 4.69) is 10.3 Å². The number of likely N-dealkylation sites (tertiary alicyclic amines) is 1. The van der Waals surface area contributed by atoms with E-state index in [0.29, 0.717) is 55.6 Å². The van der Waals surface area contributed by atoms with Gasteiger partial charge in [-0.15, -0.1) is 0 Å². The topological polar surface area (TPSA) is 96.7 Å². The lowest BCUT2D eigenvalue weighted by molar-refractivity contribution is -0.117. The molecule has 2 aromatic heterocycles. The van der Waals surface area contributed by atoms with Crippen LogP contribution in [0.3, 0.4) is 0 Å². The van der Waals surface area contributed by atoms with E-state index in [9.17, 15) is 14.7 Å². The molecule has 0 unspecified atom stereocenters. The maximum Gasteiger partial charge on any atom is 0.239 e. The normalized spacial score (nSPS) is 17.2. The van der Waals surface area contributed by atoms with Gasteiger partial charge in [-0.05, 0) is 61.9 Å². The lowest BCUT2D eigenvalue weighted by atomic mass is 10.1. The second-order valence-electron chi connectivity index (χ2n) is 8.98. The summed E-state index contributed by atoms with van der Waals surface area (Å²) in [7, 11) is 0. The molecule has 1 aliphatic carbocycles. The first kappa shape index (κ1) is 21.6. The van der Waals surface area contributed by atoms with Gasteiger partial charge in [0, 0.05) is 43.4 Å². The van der Waals surface area contributed by atoms with Crippen LogP contribution in [0.25, 0.3) is 10.9 Å². The van der Waals surface area contributed by atoms with E-state index in [0.717, 1.165) is 23.7 Å². The molecule has 5 rings (SSSR count). The van der Waals surface area contributed by atoms with Crippen LogP contribution in [0.4, 0.5) is 5.82 Å². The number of nitrogens with zero attached hydrogens (tertiary/aromatic N) is 3. The van der Waals surface area contributed by atoms with Gasteiger partial charge in [0.1, 0.15) is 17.3 Å². The molecule has 172 valence electrons. The Hall–Kier alpha value is -3.23. The number of hydrogen-bond acceptors (Lipinski definition) is 6. The minimum Gasteiger partial charge on any atom is -0.457 e. The van der Waals surface area contributed by atoms with Gasteiger partial charge in [0.15, 0.2) is 0 Å². The van der Waals surface area contributed by atoms with Crippen LogP contribution in [-0.4, -0.2) is 57.1 Å². The van der Waals surface area contributed by atoms with Crippen LogP contribution in [-0.2, 0) is 4.79 Å². The van der Waals surface area contributed by atoms with E-state index >= 15 is 0 Å². The number of nitrogens with one attached hydrogen (secondary N) is 1. The highest BCUT2D eigenvalue weighted by Crippen LogP contribution is 2.34. The summed E-state index contributed by atoms with van der Waals surface area (Å²) in [4.78, 5) is 31.1. The van der Waals surface area contributed by atoms with Crippen molar-refractivity contribution in [2.75, 3.05) is 25.0 Å². The number of aliphatic hydroxyl groups excluding tert-OH is 1. The summed E-state index contributed by atoms with van der Waals surface area (Å²) in [5, 5.41) is 13.4. The highest BCUT2D eigenvalue weighted by atomic mass is 16.5. The number of hydrogen-bond donors (Lipinski definition) is 2. The van der Waals surface area contributed by atoms with Gasteiger partial charge in [-0.1, -0.05) is 0 Å². The molecule has 0 radical (unpaired) electrons. The van der Waals surface area contributed by atoms with E-state index in [1.54, 1.807) is 22.9 Å². The minimum absolute atomic E-state index is 0.136. The lowest BCUT2D eigenvalue weighted by Gasteiger charge is -2.28. The summed E-state index contributed by atoms with van der Waals surface area (Å²) in [6, 6.07) is 11.0. The number of aliphatic hydroxyl groups is 1. The molecule has 2 aliphatic rings. The number of rotatable bonds is 7. The SMILES string of the molecule is O=C(CN1CCC(O)CC1)Nc1cc(Oc2ccc3c(ccn3C(=O)CC3CC3)c2)ccn1. The first-order valence-corrected chi connectivity index (χ1v) is 11.5. The highest BCUT2D eigenvalue weighted by molar-refractivity contribution is 5.93. The molecule has 8 nitrogen and oxygen atoms in total. The molecule has 0 spiro atoms. The van der Waals surface area contributed by atoms with Gasteiger partial charge >= 0.3 is 0 Å². The third-order valence-corrected chi connectivity index (χ3v) is 6.25. The van der Waals surface area contributed by atoms with Crippen LogP contribution in [0, 0.1) is 5.92 Å². The first-order chi connectivity index (χ1) is 16.0. The summed E-state index contributed by atoms with van der Waals surface area (Å²) in [5.41, 5.74) is 0.876. The first-order valence-electron chi connectivity index (χ1n) is 11.5. The fraction of sp³-hybridized carbons (Fsp3) is 0.400. The van der Waals surface area contributed by atoms with Crippen molar-refractivity contribution >= 4 is 28.5 Å². The Bertz CT molecular complexity index is 1160. The number of ether oxygens (including phenoxy) is 1. The Morgan fingerprint density at radius 2 is 1.85 bits per heavy atom. The van der Waals surface area contributed by atoms with Crippen LogP contribution >= 0.6 is 0 Å². The maximum atomic E-state index is 12.5. The number of benzene rings is 1. The van der Waals surface area contributed by atoms with Crippen molar-refractivity contribution < 1.29 is 19.4 Å². The molecule has 1 aliphatic heterocycles. The largest absolute Gasteiger partial charge is 0.457 e. The van der Waals surface area contributed by atoms with Crippen molar-refractivity contribution in [3.8, 4) is 11.5 Å². The zero-order chi connectivity index (χ0) is 22.8. The number of carbonyl (C=O) groups is 2. The molecule has 3 aromatic rings. The molecule has 2 fully saturated rings. The molecule has 33 heavy (non-hydrogen) atoms. The molecule has 0 bridgehead atoms. The predicted molar refractivity (Wildman–Crippen MR) is 125 cm³/mol. The zero-order valence-corrected chi connectivity index (χ0v) is 18.4. The van der Waals surface area contributed by atoms with Crippen LogP contribution in [0.2, 0.25) is 0 Å². The lowest BCUT2D eigenvalue weighted by Crippen LogP contribution is -2.40. The average Bonchev–Trinajstić information content (AvgIpc) is 3.51. The minimum atomic E-state index is -0.263. The fourth-order valence-corrected chi connectivity index (χ4v) is 4.21. The number of fused-ring (bicyclic) bond motifs is 1. The highest BCUT2D eigenvalue weighted by Gasteiger charge is 2.25.